The van der Waals surface area contributed by atoms with Crippen LogP contribution < -0.4 is 15.8 Å². The zero-order valence-corrected chi connectivity index (χ0v) is 18.7. The third kappa shape index (κ3) is 6.43. The number of nitro groups is 1. The molecule has 3 rings (SSSR count). The van der Waals surface area contributed by atoms with E-state index in [1.54, 1.807) is 24.3 Å². The van der Waals surface area contributed by atoms with Gasteiger partial charge in [-0.25, -0.2) is 4.79 Å². The highest BCUT2D eigenvalue weighted by atomic mass is 35.5. The summed E-state index contributed by atoms with van der Waals surface area (Å²) in [7, 11) is 0. The molecular weight excluding hydrogens is 450 g/mol. The average molecular weight is 476 g/mol. The number of aliphatic carboxylic acids is 1. The average Bonchev–Trinajstić information content (AvgIpc) is 2.78. The lowest BCUT2D eigenvalue weighted by Crippen LogP contribution is -2.45. The zero-order valence-electron chi connectivity index (χ0n) is 17.9. The third-order valence-electron chi connectivity index (χ3n) is 5.86. The van der Waals surface area contributed by atoms with E-state index in [4.69, 9.17) is 22.1 Å². The molecule has 0 spiro atoms. The van der Waals surface area contributed by atoms with Crippen molar-refractivity contribution >= 4 is 29.2 Å². The van der Waals surface area contributed by atoms with Crippen molar-refractivity contribution in [2.45, 2.75) is 38.1 Å². The van der Waals surface area contributed by atoms with Gasteiger partial charge in [-0.05, 0) is 68.0 Å². The van der Waals surface area contributed by atoms with Gasteiger partial charge in [0.25, 0.3) is 0 Å². The molecule has 0 aliphatic heterocycles. The van der Waals surface area contributed by atoms with Gasteiger partial charge in [0.1, 0.15) is 16.8 Å². The summed E-state index contributed by atoms with van der Waals surface area (Å²) < 4.78 is 5.66. The molecule has 2 aromatic carbocycles. The Bertz CT molecular complexity index is 1020. The van der Waals surface area contributed by atoms with E-state index in [9.17, 15) is 24.8 Å². The van der Waals surface area contributed by atoms with Crippen molar-refractivity contribution in [2.24, 2.45) is 17.6 Å². The summed E-state index contributed by atoms with van der Waals surface area (Å²) in [4.78, 5) is 35.1. The van der Waals surface area contributed by atoms with Gasteiger partial charge in [-0.2, -0.15) is 0 Å². The van der Waals surface area contributed by atoms with Crippen LogP contribution in [0.4, 0.5) is 5.69 Å². The molecule has 2 aromatic rings. The molecule has 1 fully saturated rings. The van der Waals surface area contributed by atoms with E-state index in [2.05, 4.69) is 5.32 Å². The summed E-state index contributed by atoms with van der Waals surface area (Å²) in [5.74, 6) is -0.944. The summed E-state index contributed by atoms with van der Waals surface area (Å²) in [6.07, 6.45) is 3.15. The molecule has 1 unspecified atom stereocenters. The zero-order chi connectivity index (χ0) is 24.0. The number of hydrogen-bond donors (Lipinski definition) is 3. The molecule has 0 radical (unpaired) electrons. The number of nitro benzene ring substituents is 1. The van der Waals surface area contributed by atoms with E-state index in [-0.39, 0.29) is 40.5 Å². The maximum Gasteiger partial charge on any atom is 0.329 e. The fourth-order valence-corrected chi connectivity index (χ4v) is 4.24. The lowest BCUT2D eigenvalue weighted by atomic mass is 9.81. The van der Waals surface area contributed by atoms with Crippen LogP contribution in [-0.4, -0.2) is 34.5 Å². The molecule has 9 nitrogen and oxygen atoms in total. The lowest BCUT2D eigenvalue weighted by Gasteiger charge is -2.27. The van der Waals surface area contributed by atoms with Gasteiger partial charge in [0.2, 0.25) is 11.7 Å². The Hall–Kier alpha value is -3.17. The summed E-state index contributed by atoms with van der Waals surface area (Å²) in [5, 5.41) is 23.6. The number of nitrogens with one attached hydrogen (secondary N) is 1. The number of amides is 1. The monoisotopic (exact) mass is 475 g/mol. The van der Waals surface area contributed by atoms with E-state index < -0.39 is 16.9 Å². The topological polar surface area (TPSA) is 145 Å². The second kappa shape index (κ2) is 11.1. The molecule has 176 valence electrons. The molecular formula is C23H26ClN3O6. The van der Waals surface area contributed by atoms with Crippen LogP contribution in [0, 0.1) is 22.0 Å². The van der Waals surface area contributed by atoms with Crippen LogP contribution in [-0.2, 0) is 16.0 Å². The van der Waals surface area contributed by atoms with E-state index in [0.717, 1.165) is 12.8 Å². The van der Waals surface area contributed by atoms with Crippen molar-refractivity contribution in [2.75, 3.05) is 6.54 Å². The van der Waals surface area contributed by atoms with Gasteiger partial charge in [0.05, 0.1) is 4.92 Å². The molecule has 1 atom stereocenters. The Balaban J connectivity index is 1.69. The van der Waals surface area contributed by atoms with Gasteiger partial charge < -0.3 is 20.9 Å². The number of nitrogens with two attached hydrogens (primary N) is 1. The maximum absolute atomic E-state index is 12.6. The van der Waals surface area contributed by atoms with Crippen LogP contribution >= 0.6 is 11.6 Å². The quantitative estimate of drug-likeness (QED) is 0.368. The van der Waals surface area contributed by atoms with Gasteiger partial charge in [-0.3, -0.25) is 14.9 Å². The molecule has 1 amide bonds. The van der Waals surface area contributed by atoms with Gasteiger partial charge in [0.15, 0.2) is 0 Å². The van der Waals surface area contributed by atoms with Gasteiger partial charge in [0, 0.05) is 12.3 Å². The molecule has 0 aromatic heterocycles. The fourth-order valence-electron chi connectivity index (χ4n) is 4.00. The molecule has 0 heterocycles. The first-order valence-electron chi connectivity index (χ1n) is 10.7. The molecule has 1 aliphatic rings. The standard InChI is InChI=1S/C23H26ClN3O6/c24-18-5-2-6-20(21(18)27(31)32)33-17-4-1-3-15(11-17)12-19(23(29)30)26-22(28)16-9-7-14(13-25)8-10-16/h1-6,11,14,16,19H,7-10,12-13,25H2,(H,26,28)(H,29,30). The van der Waals surface area contributed by atoms with Crippen molar-refractivity contribution in [1.29, 1.82) is 0 Å². The second-order valence-corrected chi connectivity index (χ2v) is 8.56. The Morgan fingerprint density at radius 2 is 1.91 bits per heavy atom. The summed E-state index contributed by atoms with van der Waals surface area (Å²) in [5.41, 5.74) is 5.93. The first kappa shape index (κ1) is 24.5. The van der Waals surface area contributed by atoms with Gasteiger partial charge in [-0.1, -0.05) is 29.8 Å². The van der Waals surface area contributed by atoms with E-state index in [1.165, 1.54) is 18.2 Å². The van der Waals surface area contributed by atoms with Crippen LogP contribution in [0.1, 0.15) is 31.2 Å². The van der Waals surface area contributed by atoms with Crippen molar-refractivity contribution in [1.82, 2.24) is 5.32 Å². The Labute approximate surface area is 196 Å². The Kier molecular flexibility index (Phi) is 8.24. The second-order valence-electron chi connectivity index (χ2n) is 8.15. The molecule has 4 N–H and O–H groups in total. The van der Waals surface area contributed by atoms with Crippen molar-refractivity contribution < 1.29 is 24.4 Å². The highest BCUT2D eigenvalue weighted by Gasteiger charge is 2.29. The highest BCUT2D eigenvalue weighted by molar-refractivity contribution is 6.32. The summed E-state index contributed by atoms with van der Waals surface area (Å²) in [6.45, 7) is 0.600. The van der Waals surface area contributed by atoms with Crippen LogP contribution in [0.5, 0.6) is 11.5 Å². The predicted molar refractivity (Wildman–Crippen MR) is 122 cm³/mol. The van der Waals surface area contributed by atoms with Crippen LogP contribution in [0.2, 0.25) is 5.02 Å². The van der Waals surface area contributed by atoms with E-state index >= 15 is 0 Å². The maximum atomic E-state index is 12.6. The lowest BCUT2D eigenvalue weighted by molar-refractivity contribution is -0.385. The molecule has 33 heavy (non-hydrogen) atoms. The SMILES string of the molecule is NCC1CCC(C(=O)NC(Cc2cccc(Oc3cccc(Cl)c3[N+](=O)[O-])c2)C(=O)O)CC1. The fraction of sp³-hybridized carbons (Fsp3) is 0.391. The van der Waals surface area contributed by atoms with Crippen LogP contribution in [0.15, 0.2) is 42.5 Å². The predicted octanol–water partition coefficient (Wildman–Crippen LogP) is 3.92. The molecule has 10 heteroatoms. The number of carboxylic acid groups (broad SMARTS) is 1. The number of ether oxygens (including phenoxy) is 1. The largest absolute Gasteiger partial charge is 0.480 e. The van der Waals surface area contributed by atoms with Crippen molar-refractivity contribution in [3.63, 3.8) is 0 Å². The number of carboxylic acids is 1. The van der Waals surface area contributed by atoms with E-state index in [1.807, 2.05) is 0 Å². The minimum absolute atomic E-state index is 0.0270. The Morgan fingerprint density at radius 1 is 1.21 bits per heavy atom. The van der Waals surface area contributed by atoms with Crippen LogP contribution in [0.3, 0.4) is 0 Å². The molecule has 1 aliphatic carbocycles. The highest BCUT2D eigenvalue weighted by Crippen LogP contribution is 2.37. The molecule has 0 saturated heterocycles. The first-order chi connectivity index (χ1) is 15.8. The van der Waals surface area contributed by atoms with Gasteiger partial charge in [-0.15, -0.1) is 0 Å². The number of rotatable bonds is 9. The number of carbonyl (C=O) groups excluding carboxylic acids is 1. The van der Waals surface area contributed by atoms with Crippen molar-refractivity contribution in [3.8, 4) is 11.5 Å². The number of halogens is 1. The number of benzene rings is 2. The minimum Gasteiger partial charge on any atom is -0.480 e. The normalized spacial score (nSPS) is 18.8. The number of nitrogens with zero attached hydrogens (tertiary/aromatic N) is 1. The van der Waals surface area contributed by atoms with Gasteiger partial charge >= 0.3 is 11.7 Å². The van der Waals surface area contributed by atoms with Crippen molar-refractivity contribution in [3.05, 3.63) is 63.2 Å². The van der Waals surface area contributed by atoms with Crippen LogP contribution in [0.25, 0.3) is 0 Å². The first-order valence-corrected chi connectivity index (χ1v) is 11.1. The van der Waals surface area contributed by atoms with E-state index in [0.29, 0.717) is 30.9 Å². The molecule has 0 bridgehead atoms. The molecule has 1 saturated carbocycles. The minimum atomic E-state index is -1.14. The number of para-hydroxylation sites is 1. The number of hydrogen-bond acceptors (Lipinski definition) is 6. The smallest absolute Gasteiger partial charge is 0.329 e. The third-order valence-corrected chi connectivity index (χ3v) is 6.17. The summed E-state index contributed by atoms with van der Waals surface area (Å²) in [6, 6.07) is 9.77. The number of carbonyl (C=O) groups is 2. The summed E-state index contributed by atoms with van der Waals surface area (Å²) >= 11 is 5.92. The Morgan fingerprint density at radius 3 is 2.55 bits per heavy atom.